The lowest BCUT2D eigenvalue weighted by molar-refractivity contribution is 0.411. The van der Waals surface area contributed by atoms with Crippen LogP contribution in [-0.4, -0.2) is 28.4 Å². The van der Waals surface area contributed by atoms with Crippen molar-refractivity contribution in [2.45, 2.75) is 58.7 Å². The SMILES string of the molecule is CC(C)Cn1ncc(N2CCCCC2C(C)N)c(Cl)c1=O. The smallest absolute Gasteiger partial charge is 0.287 e. The zero-order valence-electron chi connectivity index (χ0n) is 13.1. The number of hydrogen-bond acceptors (Lipinski definition) is 4. The van der Waals surface area contributed by atoms with Crippen LogP contribution in [0.5, 0.6) is 0 Å². The van der Waals surface area contributed by atoms with Gasteiger partial charge in [0.25, 0.3) is 5.56 Å². The van der Waals surface area contributed by atoms with Gasteiger partial charge in [-0.25, -0.2) is 4.68 Å². The summed E-state index contributed by atoms with van der Waals surface area (Å²) in [5.41, 5.74) is 6.60. The van der Waals surface area contributed by atoms with Gasteiger partial charge in [-0.05, 0) is 32.1 Å². The Kier molecular flexibility index (Phi) is 5.27. The third-order valence-corrected chi connectivity index (χ3v) is 4.33. The molecule has 1 fully saturated rings. The monoisotopic (exact) mass is 312 g/mol. The number of halogens is 1. The van der Waals surface area contributed by atoms with E-state index in [0.717, 1.165) is 31.5 Å². The first-order chi connectivity index (χ1) is 9.91. The van der Waals surface area contributed by atoms with E-state index >= 15 is 0 Å². The quantitative estimate of drug-likeness (QED) is 0.926. The summed E-state index contributed by atoms with van der Waals surface area (Å²) in [5, 5.41) is 4.55. The van der Waals surface area contributed by atoms with Gasteiger partial charge < -0.3 is 10.6 Å². The fourth-order valence-corrected chi connectivity index (χ4v) is 3.19. The van der Waals surface area contributed by atoms with E-state index in [0.29, 0.717) is 12.5 Å². The lowest BCUT2D eigenvalue weighted by Gasteiger charge is -2.39. The summed E-state index contributed by atoms with van der Waals surface area (Å²) in [7, 11) is 0. The maximum Gasteiger partial charge on any atom is 0.287 e. The molecule has 1 saturated heterocycles. The zero-order valence-corrected chi connectivity index (χ0v) is 13.8. The van der Waals surface area contributed by atoms with Crippen LogP contribution in [0.3, 0.4) is 0 Å². The summed E-state index contributed by atoms with van der Waals surface area (Å²) in [4.78, 5) is 14.5. The molecular weight excluding hydrogens is 288 g/mol. The lowest BCUT2D eigenvalue weighted by atomic mass is 9.96. The van der Waals surface area contributed by atoms with E-state index in [1.165, 1.54) is 4.68 Å². The van der Waals surface area contributed by atoms with Crippen LogP contribution in [0.2, 0.25) is 5.02 Å². The minimum absolute atomic E-state index is 0.0412. The highest BCUT2D eigenvalue weighted by atomic mass is 35.5. The van der Waals surface area contributed by atoms with E-state index in [-0.39, 0.29) is 22.7 Å². The second-order valence-electron chi connectivity index (χ2n) is 6.34. The molecule has 1 aromatic rings. The molecule has 0 amide bonds. The fourth-order valence-electron chi connectivity index (χ4n) is 2.94. The first kappa shape index (κ1) is 16.3. The molecule has 6 heteroatoms. The van der Waals surface area contributed by atoms with Gasteiger partial charge >= 0.3 is 0 Å². The first-order valence-electron chi connectivity index (χ1n) is 7.69. The molecule has 0 aromatic carbocycles. The van der Waals surface area contributed by atoms with Gasteiger partial charge in [-0.2, -0.15) is 5.10 Å². The van der Waals surface area contributed by atoms with Gasteiger partial charge in [-0.3, -0.25) is 4.79 Å². The predicted octanol–water partition coefficient (Wildman–Crippen LogP) is 2.26. The highest BCUT2D eigenvalue weighted by Crippen LogP contribution is 2.29. The Bertz CT molecular complexity index is 541. The molecule has 118 valence electrons. The number of aromatic nitrogens is 2. The Hall–Kier alpha value is -1.07. The molecule has 21 heavy (non-hydrogen) atoms. The Labute approximate surface area is 131 Å². The number of anilines is 1. The van der Waals surface area contributed by atoms with E-state index in [2.05, 4.69) is 10.00 Å². The Morgan fingerprint density at radius 3 is 2.76 bits per heavy atom. The third kappa shape index (κ3) is 3.58. The van der Waals surface area contributed by atoms with Gasteiger partial charge in [0.15, 0.2) is 0 Å². The lowest BCUT2D eigenvalue weighted by Crippen LogP contribution is -2.50. The van der Waals surface area contributed by atoms with Crippen molar-refractivity contribution < 1.29 is 0 Å². The summed E-state index contributed by atoms with van der Waals surface area (Å²) in [6.07, 6.45) is 5.00. The van der Waals surface area contributed by atoms with Gasteiger partial charge in [-0.15, -0.1) is 0 Å². The van der Waals surface area contributed by atoms with Crippen LogP contribution < -0.4 is 16.2 Å². The Morgan fingerprint density at radius 2 is 2.14 bits per heavy atom. The molecule has 0 saturated carbocycles. The molecule has 1 aromatic heterocycles. The van der Waals surface area contributed by atoms with Crippen molar-refractivity contribution in [1.29, 1.82) is 0 Å². The topological polar surface area (TPSA) is 64.2 Å². The van der Waals surface area contributed by atoms with Gasteiger partial charge in [0.1, 0.15) is 5.02 Å². The minimum Gasteiger partial charge on any atom is -0.364 e. The number of piperidine rings is 1. The third-order valence-electron chi connectivity index (χ3n) is 3.97. The minimum atomic E-state index is -0.211. The molecule has 1 aliphatic rings. The molecule has 2 unspecified atom stereocenters. The molecular formula is C15H25ClN4O. The van der Waals surface area contributed by atoms with E-state index < -0.39 is 0 Å². The molecule has 0 radical (unpaired) electrons. The molecule has 1 aliphatic heterocycles. The average molecular weight is 313 g/mol. The molecule has 0 aliphatic carbocycles. The predicted molar refractivity (Wildman–Crippen MR) is 87.0 cm³/mol. The van der Waals surface area contributed by atoms with Gasteiger partial charge in [0, 0.05) is 25.2 Å². The van der Waals surface area contributed by atoms with Crippen molar-refractivity contribution in [1.82, 2.24) is 9.78 Å². The van der Waals surface area contributed by atoms with Crippen LogP contribution in [0.4, 0.5) is 5.69 Å². The number of rotatable bonds is 4. The number of nitrogens with zero attached hydrogens (tertiary/aromatic N) is 3. The van der Waals surface area contributed by atoms with Crippen molar-refractivity contribution >= 4 is 17.3 Å². The van der Waals surface area contributed by atoms with E-state index in [1.54, 1.807) is 6.20 Å². The van der Waals surface area contributed by atoms with Crippen molar-refractivity contribution in [3.05, 3.63) is 21.6 Å². The van der Waals surface area contributed by atoms with Crippen molar-refractivity contribution in [2.24, 2.45) is 11.7 Å². The summed E-state index contributed by atoms with van der Waals surface area (Å²) >= 11 is 6.33. The van der Waals surface area contributed by atoms with Crippen LogP contribution in [0.15, 0.2) is 11.0 Å². The van der Waals surface area contributed by atoms with E-state index in [1.807, 2.05) is 20.8 Å². The second kappa shape index (κ2) is 6.79. The van der Waals surface area contributed by atoms with Crippen LogP contribution >= 0.6 is 11.6 Å². The molecule has 0 bridgehead atoms. The molecule has 2 atom stereocenters. The van der Waals surface area contributed by atoms with E-state index in [4.69, 9.17) is 17.3 Å². The largest absolute Gasteiger partial charge is 0.364 e. The van der Waals surface area contributed by atoms with Crippen molar-refractivity contribution in [2.75, 3.05) is 11.4 Å². The summed E-state index contributed by atoms with van der Waals surface area (Å²) in [6, 6.07) is 0.262. The zero-order chi connectivity index (χ0) is 15.6. The van der Waals surface area contributed by atoms with Crippen LogP contribution in [0, 0.1) is 5.92 Å². The molecule has 0 spiro atoms. The Balaban J connectivity index is 2.35. The molecule has 2 rings (SSSR count). The van der Waals surface area contributed by atoms with Gasteiger partial charge in [0.2, 0.25) is 0 Å². The molecule has 5 nitrogen and oxygen atoms in total. The first-order valence-corrected chi connectivity index (χ1v) is 8.07. The molecule has 2 N–H and O–H groups in total. The van der Waals surface area contributed by atoms with Crippen LogP contribution in [0.25, 0.3) is 0 Å². The normalized spacial score (nSPS) is 20.9. The van der Waals surface area contributed by atoms with Gasteiger partial charge in [0.05, 0.1) is 11.9 Å². The summed E-state index contributed by atoms with van der Waals surface area (Å²) in [5.74, 6) is 0.351. The summed E-state index contributed by atoms with van der Waals surface area (Å²) < 4.78 is 1.45. The number of hydrogen-bond donors (Lipinski definition) is 1. The van der Waals surface area contributed by atoms with Crippen molar-refractivity contribution in [3.63, 3.8) is 0 Å². The maximum absolute atomic E-state index is 12.4. The highest BCUT2D eigenvalue weighted by Gasteiger charge is 2.28. The van der Waals surface area contributed by atoms with Gasteiger partial charge in [-0.1, -0.05) is 25.4 Å². The van der Waals surface area contributed by atoms with E-state index in [9.17, 15) is 4.79 Å². The maximum atomic E-state index is 12.4. The second-order valence-corrected chi connectivity index (χ2v) is 6.72. The standard InChI is InChI=1S/C15H25ClN4O/c1-10(2)9-20-15(21)14(16)13(8-18-20)19-7-5-4-6-12(19)11(3)17/h8,10-12H,4-7,9,17H2,1-3H3. The molecule has 2 heterocycles. The number of nitrogens with two attached hydrogens (primary N) is 1. The van der Waals surface area contributed by atoms with Crippen LogP contribution in [0.1, 0.15) is 40.0 Å². The summed E-state index contributed by atoms with van der Waals surface area (Å²) in [6.45, 7) is 7.56. The van der Waals surface area contributed by atoms with Crippen LogP contribution in [-0.2, 0) is 6.54 Å². The Morgan fingerprint density at radius 1 is 1.43 bits per heavy atom. The highest BCUT2D eigenvalue weighted by molar-refractivity contribution is 6.33. The fraction of sp³-hybridized carbons (Fsp3) is 0.733. The average Bonchev–Trinajstić information content (AvgIpc) is 2.44. The van der Waals surface area contributed by atoms with Crippen molar-refractivity contribution in [3.8, 4) is 0 Å².